The van der Waals surface area contributed by atoms with Crippen LogP contribution in [0.3, 0.4) is 0 Å². The number of ether oxygens (including phenoxy) is 1. The molecule has 4 heteroatoms. The molecule has 0 spiro atoms. The lowest BCUT2D eigenvalue weighted by molar-refractivity contribution is 0.0544. The van der Waals surface area contributed by atoms with E-state index in [0.717, 1.165) is 16.5 Å². The molecule has 140 valence electrons. The first-order valence-electron chi connectivity index (χ1n) is 9.25. The molecule has 0 fully saturated rings. The Kier molecular flexibility index (Phi) is 5.11. The van der Waals surface area contributed by atoms with Crippen LogP contribution in [0.25, 0.3) is 17.0 Å². The molecule has 0 radical (unpaired) electrons. The van der Waals surface area contributed by atoms with Crippen molar-refractivity contribution < 1.29 is 9.53 Å². The van der Waals surface area contributed by atoms with E-state index >= 15 is 0 Å². The van der Waals surface area contributed by atoms with Crippen LogP contribution in [0.1, 0.15) is 26.3 Å². The van der Waals surface area contributed by atoms with Gasteiger partial charge in [0.1, 0.15) is 13.7 Å². The summed E-state index contributed by atoms with van der Waals surface area (Å²) in [6.45, 7) is 10.3. The zero-order chi connectivity index (χ0) is 19.7. The van der Waals surface area contributed by atoms with Gasteiger partial charge in [-0.1, -0.05) is 66.5 Å². The lowest BCUT2D eigenvalue weighted by atomic mass is 10.1. The minimum Gasteiger partial charge on any atom is -0.443 e. The second-order valence-electron chi connectivity index (χ2n) is 8.41. The Bertz CT molecular complexity index is 979. The Hall–Kier alpha value is -2.59. The topological polar surface area (TPSA) is 31.2 Å². The maximum atomic E-state index is 12.4. The van der Waals surface area contributed by atoms with Crippen LogP contribution in [0.4, 0.5) is 4.79 Å². The zero-order valence-electron chi connectivity index (χ0n) is 16.7. The van der Waals surface area contributed by atoms with Gasteiger partial charge in [0.25, 0.3) is 0 Å². The van der Waals surface area contributed by atoms with Gasteiger partial charge in [-0.15, -0.1) is 0 Å². The summed E-state index contributed by atoms with van der Waals surface area (Å²) in [5.74, 6) is 0. The summed E-state index contributed by atoms with van der Waals surface area (Å²) in [6.07, 6.45) is 3.62. The first kappa shape index (κ1) is 19.2. The first-order chi connectivity index (χ1) is 12.7. The van der Waals surface area contributed by atoms with Crippen LogP contribution in [-0.4, -0.2) is 24.3 Å². The van der Waals surface area contributed by atoms with E-state index in [0.29, 0.717) is 0 Å². The highest BCUT2D eigenvalue weighted by atomic mass is 28.3. The minimum absolute atomic E-state index is 0.349. The third-order valence-electron chi connectivity index (χ3n) is 4.51. The number of nitrogens with zero attached hydrogens (tertiary/aromatic N) is 1. The van der Waals surface area contributed by atoms with Crippen LogP contribution >= 0.6 is 0 Å². The normalized spacial score (nSPS) is 12.6. The molecular formula is C23H27NO2Si. The fourth-order valence-corrected chi connectivity index (χ4v) is 4.86. The molecular weight excluding hydrogens is 350 g/mol. The lowest BCUT2D eigenvalue weighted by Crippen LogP contribution is -2.39. The highest BCUT2D eigenvalue weighted by Gasteiger charge is 2.20. The predicted octanol–water partition coefficient (Wildman–Crippen LogP) is 5.59. The van der Waals surface area contributed by atoms with Gasteiger partial charge in [0.2, 0.25) is 0 Å². The van der Waals surface area contributed by atoms with Crippen LogP contribution in [0.15, 0.2) is 66.5 Å². The molecule has 1 heterocycles. The summed E-state index contributed by atoms with van der Waals surface area (Å²) in [7, 11) is -1.63. The number of carbonyl (C=O) groups excluding carboxylic acids is 1. The molecule has 0 atom stereocenters. The molecule has 3 rings (SSSR count). The Morgan fingerprint density at radius 3 is 2.41 bits per heavy atom. The average molecular weight is 378 g/mol. The Labute approximate surface area is 162 Å². The van der Waals surface area contributed by atoms with Gasteiger partial charge in [0.05, 0.1) is 5.52 Å². The third-order valence-corrected chi connectivity index (χ3v) is 7.34. The average Bonchev–Trinajstić information content (AvgIpc) is 3.03. The number of benzene rings is 2. The standard InChI is InChI=1S/C23H27NO2Si/c1-23(2,3)26-22(25)24-15-13-19-17-18(11-12-21(19)24)14-16-27(4,5)20-9-7-6-8-10-20/h6-17H,1-5H3/b16-14+. The van der Waals surface area contributed by atoms with Crippen molar-refractivity contribution in [2.24, 2.45) is 0 Å². The highest BCUT2D eigenvalue weighted by Crippen LogP contribution is 2.21. The van der Waals surface area contributed by atoms with E-state index in [1.165, 1.54) is 5.19 Å². The summed E-state index contributed by atoms with van der Waals surface area (Å²) in [4.78, 5) is 12.4. The molecule has 0 aliphatic rings. The number of hydrogen-bond donors (Lipinski definition) is 0. The van der Waals surface area contributed by atoms with Crippen molar-refractivity contribution in [3.8, 4) is 0 Å². The third kappa shape index (κ3) is 4.58. The Morgan fingerprint density at radius 1 is 1.04 bits per heavy atom. The van der Waals surface area contributed by atoms with E-state index in [1.807, 2.05) is 32.9 Å². The van der Waals surface area contributed by atoms with Crippen LogP contribution in [0.5, 0.6) is 0 Å². The van der Waals surface area contributed by atoms with Crippen LogP contribution in [-0.2, 0) is 4.74 Å². The molecule has 2 aromatic carbocycles. The summed E-state index contributed by atoms with van der Waals surface area (Å²) < 4.78 is 7.04. The summed E-state index contributed by atoms with van der Waals surface area (Å²) in [5.41, 5.74) is 3.85. The molecule has 0 amide bonds. The molecule has 0 N–H and O–H groups in total. The molecule has 3 nitrogen and oxygen atoms in total. The monoisotopic (exact) mass is 377 g/mol. The second-order valence-corrected chi connectivity index (χ2v) is 12.8. The van der Waals surface area contributed by atoms with Crippen molar-refractivity contribution in [1.82, 2.24) is 4.57 Å². The molecule has 27 heavy (non-hydrogen) atoms. The number of hydrogen-bond acceptors (Lipinski definition) is 2. The SMILES string of the molecule is CC(C)(C)OC(=O)n1ccc2cc(/C=C/[Si](C)(C)c3ccccc3)ccc21. The van der Waals surface area contributed by atoms with E-state index in [-0.39, 0.29) is 6.09 Å². The fraction of sp³-hybridized carbons (Fsp3) is 0.261. The van der Waals surface area contributed by atoms with E-state index in [1.54, 1.807) is 10.8 Å². The van der Waals surface area contributed by atoms with Crippen LogP contribution in [0.2, 0.25) is 13.1 Å². The number of carbonyl (C=O) groups is 1. The summed E-state index contributed by atoms with van der Waals surface area (Å²) >= 11 is 0. The second kappa shape index (κ2) is 7.20. The van der Waals surface area contributed by atoms with Crippen molar-refractivity contribution >= 4 is 36.3 Å². The molecule has 0 aliphatic carbocycles. The van der Waals surface area contributed by atoms with E-state index < -0.39 is 13.7 Å². The van der Waals surface area contributed by atoms with Crippen molar-refractivity contribution in [2.45, 2.75) is 39.5 Å². The quantitative estimate of drug-likeness (QED) is 0.557. The Balaban J connectivity index is 1.85. The smallest absolute Gasteiger partial charge is 0.418 e. The molecule has 0 aliphatic heterocycles. The largest absolute Gasteiger partial charge is 0.443 e. The molecule has 0 bridgehead atoms. The van der Waals surface area contributed by atoms with Gasteiger partial charge >= 0.3 is 6.09 Å². The van der Waals surface area contributed by atoms with Gasteiger partial charge in [0, 0.05) is 11.6 Å². The van der Waals surface area contributed by atoms with Gasteiger partial charge in [-0.05, 0) is 44.5 Å². The maximum absolute atomic E-state index is 12.4. The van der Waals surface area contributed by atoms with Gasteiger partial charge in [-0.25, -0.2) is 4.79 Å². The molecule has 0 saturated carbocycles. The Morgan fingerprint density at radius 2 is 1.74 bits per heavy atom. The molecule has 0 unspecified atom stereocenters. The van der Waals surface area contributed by atoms with Crippen molar-refractivity contribution in [3.05, 3.63) is 72.1 Å². The molecule has 3 aromatic rings. The fourth-order valence-electron chi connectivity index (χ4n) is 3.00. The highest BCUT2D eigenvalue weighted by molar-refractivity contribution is 6.94. The first-order valence-corrected chi connectivity index (χ1v) is 12.3. The zero-order valence-corrected chi connectivity index (χ0v) is 17.7. The number of fused-ring (bicyclic) bond motifs is 1. The van der Waals surface area contributed by atoms with Crippen molar-refractivity contribution in [1.29, 1.82) is 0 Å². The van der Waals surface area contributed by atoms with Crippen LogP contribution in [0, 0.1) is 0 Å². The summed E-state index contributed by atoms with van der Waals surface area (Å²) in [6, 6.07) is 18.8. The van der Waals surface area contributed by atoms with Crippen molar-refractivity contribution in [2.75, 3.05) is 0 Å². The predicted molar refractivity (Wildman–Crippen MR) is 116 cm³/mol. The molecule has 1 aromatic heterocycles. The maximum Gasteiger partial charge on any atom is 0.418 e. The van der Waals surface area contributed by atoms with Crippen LogP contribution < -0.4 is 5.19 Å². The number of aromatic nitrogens is 1. The molecule has 0 saturated heterocycles. The summed E-state index contributed by atoms with van der Waals surface area (Å²) in [5, 5.41) is 2.44. The van der Waals surface area contributed by atoms with Gasteiger partial charge in [0.15, 0.2) is 0 Å². The minimum atomic E-state index is -1.63. The van der Waals surface area contributed by atoms with Gasteiger partial charge < -0.3 is 4.74 Å². The lowest BCUT2D eigenvalue weighted by Gasteiger charge is -2.19. The number of rotatable bonds is 3. The van der Waals surface area contributed by atoms with Crippen molar-refractivity contribution in [3.63, 3.8) is 0 Å². The van der Waals surface area contributed by atoms with E-state index in [9.17, 15) is 4.79 Å². The van der Waals surface area contributed by atoms with E-state index in [2.05, 4.69) is 67.3 Å². The van der Waals surface area contributed by atoms with Gasteiger partial charge in [-0.3, -0.25) is 4.57 Å². The van der Waals surface area contributed by atoms with E-state index in [4.69, 9.17) is 4.74 Å². The van der Waals surface area contributed by atoms with Gasteiger partial charge in [-0.2, -0.15) is 0 Å².